The largest absolute Gasteiger partial charge is 0.507 e. The fraction of sp³-hybridized carbons (Fsp3) is 0.222. The smallest absolute Gasteiger partial charge is 0.340 e. The Kier molecular flexibility index (Phi) is 5.76. The van der Waals surface area contributed by atoms with Crippen LogP contribution < -0.4 is 4.74 Å². The third kappa shape index (κ3) is 4.02. The fourth-order valence-corrected chi connectivity index (χ4v) is 2.75. The number of aromatic nitrogens is 1. The van der Waals surface area contributed by atoms with Gasteiger partial charge in [0.2, 0.25) is 0 Å². The second-order valence-corrected chi connectivity index (χ2v) is 6.29. The van der Waals surface area contributed by atoms with Crippen LogP contribution in [-0.2, 0) is 6.42 Å². The van der Waals surface area contributed by atoms with Crippen LogP contribution in [0.25, 0.3) is 12.2 Å². The molecule has 0 amide bonds. The van der Waals surface area contributed by atoms with E-state index in [4.69, 9.17) is 4.74 Å². The Bertz CT molecular complexity index is 788. The zero-order valence-corrected chi connectivity index (χ0v) is 14.6. The second-order valence-electron chi connectivity index (χ2n) is 5.36. The first-order valence-corrected chi connectivity index (χ1v) is 8.19. The van der Waals surface area contributed by atoms with Crippen molar-refractivity contribution in [1.29, 1.82) is 0 Å². The molecule has 0 unspecified atom stereocenters. The number of allylic oxidation sites excluding steroid dienone is 2. The first-order valence-electron chi connectivity index (χ1n) is 7.31. The van der Waals surface area contributed by atoms with E-state index in [0.717, 1.165) is 10.6 Å². The number of aromatic carboxylic acids is 1. The first kappa shape index (κ1) is 17.7. The Labute approximate surface area is 144 Å². The van der Waals surface area contributed by atoms with Gasteiger partial charge in [0.05, 0.1) is 7.11 Å². The molecule has 0 saturated carbocycles. The van der Waals surface area contributed by atoms with Crippen LogP contribution in [-0.4, -0.2) is 28.3 Å². The maximum atomic E-state index is 11.6. The van der Waals surface area contributed by atoms with Gasteiger partial charge in [0.15, 0.2) is 0 Å². The van der Waals surface area contributed by atoms with E-state index in [1.807, 2.05) is 25.3 Å². The van der Waals surface area contributed by atoms with Crippen LogP contribution in [0.2, 0.25) is 0 Å². The zero-order valence-electron chi connectivity index (χ0n) is 13.7. The molecule has 0 aliphatic heterocycles. The van der Waals surface area contributed by atoms with Crippen molar-refractivity contribution in [1.82, 2.24) is 4.98 Å². The van der Waals surface area contributed by atoms with E-state index < -0.39 is 5.97 Å². The molecule has 0 aliphatic carbocycles. The van der Waals surface area contributed by atoms with Crippen LogP contribution in [0, 0.1) is 0 Å². The highest BCUT2D eigenvalue weighted by atomic mass is 32.1. The maximum absolute atomic E-state index is 11.6. The van der Waals surface area contributed by atoms with Crippen molar-refractivity contribution >= 4 is 29.5 Å². The molecule has 0 bridgehead atoms. The van der Waals surface area contributed by atoms with Gasteiger partial charge in [0, 0.05) is 17.1 Å². The van der Waals surface area contributed by atoms with E-state index in [1.54, 1.807) is 24.4 Å². The Hall–Kier alpha value is -2.60. The molecule has 1 heterocycles. The molecule has 0 aliphatic rings. The summed E-state index contributed by atoms with van der Waals surface area (Å²) in [6.45, 7) is 3.87. The molecule has 0 saturated heterocycles. The van der Waals surface area contributed by atoms with E-state index >= 15 is 0 Å². The number of methoxy groups -OCH3 is 1. The van der Waals surface area contributed by atoms with Crippen molar-refractivity contribution in [2.45, 2.75) is 20.3 Å². The summed E-state index contributed by atoms with van der Waals surface area (Å²) in [5.41, 5.74) is 1.76. The molecule has 2 aromatic rings. The lowest BCUT2D eigenvalue weighted by molar-refractivity contribution is 0.0693. The van der Waals surface area contributed by atoms with Crippen LogP contribution in [0.5, 0.6) is 11.5 Å². The van der Waals surface area contributed by atoms with Crippen LogP contribution in [0.3, 0.4) is 0 Å². The van der Waals surface area contributed by atoms with E-state index in [1.165, 1.54) is 18.4 Å². The van der Waals surface area contributed by atoms with Crippen LogP contribution in [0.1, 0.15) is 40.3 Å². The van der Waals surface area contributed by atoms with E-state index in [2.05, 4.69) is 4.98 Å². The maximum Gasteiger partial charge on any atom is 0.340 e. The molecule has 6 heteroatoms. The quantitative estimate of drug-likeness (QED) is 0.766. The molecule has 2 N–H and O–H groups in total. The average Bonchev–Trinajstić information content (AvgIpc) is 3.03. The van der Waals surface area contributed by atoms with E-state index in [-0.39, 0.29) is 11.3 Å². The summed E-state index contributed by atoms with van der Waals surface area (Å²) in [6, 6.07) is 1.63. The monoisotopic (exact) mass is 345 g/mol. The molecule has 5 nitrogen and oxygen atoms in total. The van der Waals surface area contributed by atoms with Gasteiger partial charge in [-0.2, -0.15) is 0 Å². The van der Waals surface area contributed by atoms with Crippen LogP contribution in [0.4, 0.5) is 0 Å². The molecule has 1 aromatic heterocycles. The van der Waals surface area contributed by atoms with Gasteiger partial charge in [0.25, 0.3) is 0 Å². The molecule has 126 valence electrons. The molecule has 0 fully saturated rings. The Morgan fingerprint density at radius 3 is 2.67 bits per heavy atom. The number of benzene rings is 1. The number of rotatable bonds is 6. The number of ether oxygens (including phenoxy) is 1. The molecule has 0 spiro atoms. The number of carboxylic acids is 1. The van der Waals surface area contributed by atoms with Crippen molar-refractivity contribution in [3.63, 3.8) is 0 Å². The molecule has 0 atom stereocenters. The van der Waals surface area contributed by atoms with Gasteiger partial charge in [-0.15, -0.1) is 11.3 Å². The number of hydrogen-bond donors (Lipinski definition) is 2. The topological polar surface area (TPSA) is 79.7 Å². The number of thiazole rings is 1. The van der Waals surface area contributed by atoms with Crippen molar-refractivity contribution in [2.24, 2.45) is 0 Å². The highest BCUT2D eigenvalue weighted by molar-refractivity contribution is 7.10. The molecular formula is C18H19NO4S. The third-order valence-electron chi connectivity index (χ3n) is 3.40. The number of phenols is 1. The summed E-state index contributed by atoms with van der Waals surface area (Å²) in [4.78, 5) is 15.8. The normalized spacial score (nSPS) is 10.8. The number of nitrogens with zero attached hydrogens (tertiary/aromatic N) is 1. The minimum absolute atomic E-state index is 0.138. The summed E-state index contributed by atoms with van der Waals surface area (Å²) < 4.78 is 5.34. The van der Waals surface area contributed by atoms with Gasteiger partial charge in [-0.3, -0.25) is 0 Å². The Balaban J connectivity index is 2.56. The van der Waals surface area contributed by atoms with Crippen molar-refractivity contribution in [3.8, 4) is 11.5 Å². The lowest BCUT2D eigenvalue weighted by Crippen LogP contribution is -2.04. The summed E-state index contributed by atoms with van der Waals surface area (Å²) in [5.74, 6) is -1.00. The third-order valence-corrected chi connectivity index (χ3v) is 4.14. The SMILES string of the molecule is COc1cc(/C=C/c2nccs2)c(C(=O)O)c(O)c1CC=C(C)C. The molecular weight excluding hydrogens is 326 g/mol. The first-order chi connectivity index (χ1) is 11.4. The fourth-order valence-electron chi connectivity index (χ4n) is 2.22. The van der Waals surface area contributed by atoms with Gasteiger partial charge in [-0.25, -0.2) is 9.78 Å². The summed E-state index contributed by atoms with van der Waals surface area (Å²) in [6.07, 6.45) is 7.31. The number of aromatic hydroxyl groups is 1. The van der Waals surface area contributed by atoms with Gasteiger partial charge in [-0.05, 0) is 38.0 Å². The average molecular weight is 345 g/mol. The van der Waals surface area contributed by atoms with Gasteiger partial charge >= 0.3 is 5.97 Å². The summed E-state index contributed by atoms with van der Waals surface area (Å²) in [7, 11) is 1.50. The van der Waals surface area contributed by atoms with E-state index in [0.29, 0.717) is 23.3 Å². The molecule has 0 radical (unpaired) electrons. The summed E-state index contributed by atoms with van der Waals surface area (Å²) >= 11 is 1.44. The minimum atomic E-state index is -1.19. The number of hydrogen-bond acceptors (Lipinski definition) is 5. The zero-order chi connectivity index (χ0) is 17.7. The summed E-state index contributed by atoms with van der Waals surface area (Å²) in [5, 5.41) is 22.6. The standard InChI is InChI=1S/C18H19NO4S/c1-11(2)4-6-13-14(23-3)10-12(16(17(13)20)18(21)22)5-7-15-19-8-9-24-15/h4-5,7-10,20H,6H2,1-3H3,(H,21,22)/b7-5+. The minimum Gasteiger partial charge on any atom is -0.507 e. The van der Waals surface area contributed by atoms with Crippen molar-refractivity contribution in [3.05, 3.63) is 51.0 Å². The highest BCUT2D eigenvalue weighted by Gasteiger charge is 2.21. The number of carboxylic acid groups (broad SMARTS) is 1. The number of carbonyl (C=O) groups is 1. The second kappa shape index (κ2) is 7.79. The predicted molar refractivity (Wildman–Crippen MR) is 95.8 cm³/mol. The van der Waals surface area contributed by atoms with E-state index in [9.17, 15) is 15.0 Å². The molecule has 2 rings (SSSR count). The Morgan fingerprint density at radius 1 is 1.38 bits per heavy atom. The van der Waals surface area contributed by atoms with Crippen molar-refractivity contribution < 1.29 is 19.7 Å². The lowest BCUT2D eigenvalue weighted by atomic mass is 9.98. The van der Waals surface area contributed by atoms with Gasteiger partial charge in [0.1, 0.15) is 22.1 Å². The van der Waals surface area contributed by atoms with Gasteiger partial charge in [-0.1, -0.05) is 17.7 Å². The van der Waals surface area contributed by atoms with Crippen LogP contribution >= 0.6 is 11.3 Å². The molecule has 1 aromatic carbocycles. The Morgan fingerprint density at radius 2 is 2.12 bits per heavy atom. The lowest BCUT2D eigenvalue weighted by Gasteiger charge is -2.14. The van der Waals surface area contributed by atoms with Gasteiger partial charge < -0.3 is 14.9 Å². The molecule has 24 heavy (non-hydrogen) atoms. The predicted octanol–water partition coefficient (Wildman–Crippen LogP) is 4.23. The van der Waals surface area contributed by atoms with Crippen LogP contribution in [0.15, 0.2) is 29.3 Å². The van der Waals surface area contributed by atoms with Crippen molar-refractivity contribution in [2.75, 3.05) is 7.11 Å². The highest BCUT2D eigenvalue weighted by Crippen LogP contribution is 2.36.